The number of nitrogens with zero attached hydrogens (tertiary/aromatic N) is 2. The maximum Gasteiger partial charge on any atom is 0.309 e. The van der Waals surface area contributed by atoms with Crippen LogP contribution in [0, 0.1) is 0 Å². The predicted octanol–water partition coefficient (Wildman–Crippen LogP) is 1.39. The lowest BCUT2D eigenvalue weighted by atomic mass is 10.1. The molecule has 0 saturated carbocycles. The van der Waals surface area contributed by atoms with Gasteiger partial charge in [-0.25, -0.2) is 0 Å². The molecule has 0 unspecified atom stereocenters. The van der Waals surface area contributed by atoms with Crippen LogP contribution in [0.3, 0.4) is 0 Å². The first-order chi connectivity index (χ1) is 11.0. The van der Waals surface area contributed by atoms with Crippen LogP contribution >= 0.6 is 0 Å². The number of amides is 2. The monoisotopic (exact) mass is 334 g/mol. The van der Waals surface area contributed by atoms with Crippen molar-refractivity contribution in [1.29, 1.82) is 0 Å². The largest absolute Gasteiger partial charge is 0.378 e. The highest BCUT2D eigenvalue weighted by molar-refractivity contribution is 6.35. The molecule has 0 heterocycles. The van der Waals surface area contributed by atoms with Crippen molar-refractivity contribution in [2.24, 2.45) is 0 Å². The molecule has 1 aromatic rings. The van der Waals surface area contributed by atoms with Crippen LogP contribution in [0.25, 0.3) is 0 Å². The fraction of sp³-hybridized carbons (Fsp3) is 0.556. The molecule has 0 aliphatic rings. The Kier molecular flexibility index (Phi) is 6.78. The third kappa shape index (κ3) is 6.20. The number of likely N-dealkylation sites (N-methyl/N-ethyl adjacent to an activating group) is 1. The van der Waals surface area contributed by atoms with E-state index in [9.17, 15) is 9.59 Å². The second-order valence-electron chi connectivity index (χ2n) is 7.38. The molecule has 6 heteroatoms. The van der Waals surface area contributed by atoms with Gasteiger partial charge in [-0.15, -0.1) is 0 Å². The Labute approximate surface area is 145 Å². The minimum Gasteiger partial charge on any atom is -0.378 e. The van der Waals surface area contributed by atoms with Crippen molar-refractivity contribution in [1.82, 2.24) is 15.5 Å². The molecule has 0 fully saturated rings. The minimum atomic E-state index is -0.610. The van der Waals surface area contributed by atoms with Crippen molar-refractivity contribution in [2.75, 3.05) is 39.6 Å². The third-order valence-corrected chi connectivity index (χ3v) is 3.57. The summed E-state index contributed by atoms with van der Waals surface area (Å²) in [5.41, 5.74) is 1.77. The lowest BCUT2D eigenvalue weighted by Gasteiger charge is -2.26. The molecule has 1 aromatic carbocycles. The zero-order valence-electron chi connectivity index (χ0n) is 15.8. The summed E-state index contributed by atoms with van der Waals surface area (Å²) in [5, 5.41) is 5.38. The molecule has 1 atom stereocenters. The van der Waals surface area contributed by atoms with Crippen molar-refractivity contribution >= 4 is 17.5 Å². The molecule has 0 aliphatic carbocycles. The third-order valence-electron chi connectivity index (χ3n) is 3.57. The molecule has 0 radical (unpaired) electrons. The average Bonchev–Trinajstić information content (AvgIpc) is 2.45. The van der Waals surface area contributed by atoms with Crippen molar-refractivity contribution in [2.45, 2.75) is 32.4 Å². The zero-order chi connectivity index (χ0) is 18.5. The Hall–Kier alpha value is -2.08. The molecular formula is C18H30N4O2. The van der Waals surface area contributed by atoms with Crippen LogP contribution < -0.4 is 15.5 Å². The van der Waals surface area contributed by atoms with E-state index in [1.165, 1.54) is 0 Å². The van der Waals surface area contributed by atoms with Crippen LogP contribution in [0.15, 0.2) is 24.3 Å². The Balaban J connectivity index is 2.73. The fourth-order valence-corrected chi connectivity index (χ4v) is 2.26. The van der Waals surface area contributed by atoms with E-state index < -0.39 is 17.4 Å². The first kappa shape index (κ1) is 20.0. The second kappa shape index (κ2) is 8.15. The van der Waals surface area contributed by atoms with Crippen molar-refractivity contribution in [3.8, 4) is 0 Å². The van der Waals surface area contributed by atoms with E-state index in [4.69, 9.17) is 0 Å². The lowest BCUT2D eigenvalue weighted by molar-refractivity contribution is -0.140. The topological polar surface area (TPSA) is 64.7 Å². The molecule has 24 heavy (non-hydrogen) atoms. The normalized spacial score (nSPS) is 12.7. The standard InChI is InChI=1S/C18H30N4O2/c1-18(2,3)20-17(24)16(23)19-12-15(22(6)7)13-8-10-14(11-9-13)21(4)5/h8-11,15H,12H2,1-7H3,(H,19,23)(H,20,24)/t15-/m0/s1. The Morgan fingerprint density at radius 2 is 1.54 bits per heavy atom. The summed E-state index contributed by atoms with van der Waals surface area (Å²) in [6, 6.07) is 8.16. The Bertz CT molecular complexity index is 559. The second-order valence-corrected chi connectivity index (χ2v) is 7.38. The SMILES string of the molecule is CN(C)c1ccc([C@H](CNC(=O)C(=O)NC(C)(C)C)N(C)C)cc1. The van der Waals surface area contributed by atoms with E-state index in [1.807, 2.05) is 83.0 Å². The van der Waals surface area contributed by atoms with Crippen LogP contribution in [0.4, 0.5) is 5.69 Å². The summed E-state index contributed by atoms with van der Waals surface area (Å²) in [6.45, 7) is 5.89. The minimum absolute atomic E-state index is 0.00685. The molecule has 0 aromatic heterocycles. The highest BCUT2D eigenvalue weighted by atomic mass is 16.2. The van der Waals surface area contributed by atoms with Gasteiger partial charge < -0.3 is 20.4 Å². The molecule has 0 spiro atoms. The van der Waals surface area contributed by atoms with Gasteiger partial charge in [-0.3, -0.25) is 9.59 Å². The van der Waals surface area contributed by atoms with E-state index in [-0.39, 0.29) is 6.04 Å². The number of nitrogens with one attached hydrogen (secondary N) is 2. The van der Waals surface area contributed by atoms with Crippen LogP contribution in [0.1, 0.15) is 32.4 Å². The fourth-order valence-electron chi connectivity index (χ4n) is 2.26. The van der Waals surface area contributed by atoms with E-state index in [0.29, 0.717) is 6.54 Å². The van der Waals surface area contributed by atoms with E-state index in [2.05, 4.69) is 10.6 Å². The van der Waals surface area contributed by atoms with Crippen molar-refractivity contribution in [3.05, 3.63) is 29.8 Å². The summed E-state index contributed by atoms with van der Waals surface area (Å²) in [7, 11) is 7.89. The molecule has 1 rings (SSSR count). The van der Waals surface area contributed by atoms with E-state index >= 15 is 0 Å². The maximum absolute atomic E-state index is 12.0. The molecule has 2 amide bonds. The van der Waals surface area contributed by atoms with Crippen molar-refractivity contribution < 1.29 is 9.59 Å². The van der Waals surface area contributed by atoms with Gasteiger partial charge in [0, 0.05) is 31.9 Å². The summed E-state index contributed by atoms with van der Waals surface area (Å²) in [6.07, 6.45) is 0. The number of hydrogen-bond acceptors (Lipinski definition) is 4. The molecular weight excluding hydrogens is 304 g/mol. The lowest BCUT2D eigenvalue weighted by Crippen LogP contribution is -2.49. The van der Waals surface area contributed by atoms with Crippen LogP contribution in [0.5, 0.6) is 0 Å². The predicted molar refractivity (Wildman–Crippen MR) is 98.1 cm³/mol. The molecule has 6 nitrogen and oxygen atoms in total. The van der Waals surface area contributed by atoms with Crippen LogP contribution in [0.2, 0.25) is 0 Å². The summed E-state index contributed by atoms with van der Waals surface area (Å²) in [5.74, 6) is -1.22. The number of hydrogen-bond donors (Lipinski definition) is 2. The van der Waals surface area contributed by atoms with E-state index in [1.54, 1.807) is 0 Å². The van der Waals surface area contributed by atoms with Gasteiger partial charge in [0.1, 0.15) is 0 Å². The van der Waals surface area contributed by atoms with E-state index in [0.717, 1.165) is 11.3 Å². The van der Waals surface area contributed by atoms with Gasteiger partial charge >= 0.3 is 11.8 Å². The first-order valence-corrected chi connectivity index (χ1v) is 8.05. The molecule has 0 saturated heterocycles. The number of carbonyl (C=O) groups excluding carboxylic acids is 2. The first-order valence-electron chi connectivity index (χ1n) is 8.05. The Morgan fingerprint density at radius 3 is 1.96 bits per heavy atom. The number of anilines is 1. The molecule has 2 N–H and O–H groups in total. The summed E-state index contributed by atoms with van der Waals surface area (Å²) < 4.78 is 0. The number of benzene rings is 1. The maximum atomic E-state index is 12.0. The Morgan fingerprint density at radius 1 is 1.00 bits per heavy atom. The molecule has 0 bridgehead atoms. The van der Waals surface area contributed by atoms with Gasteiger partial charge in [0.2, 0.25) is 0 Å². The quantitative estimate of drug-likeness (QED) is 0.799. The molecule has 134 valence electrons. The highest BCUT2D eigenvalue weighted by Crippen LogP contribution is 2.20. The van der Waals surface area contributed by atoms with Gasteiger partial charge in [-0.1, -0.05) is 12.1 Å². The van der Waals surface area contributed by atoms with Crippen LogP contribution in [-0.2, 0) is 9.59 Å². The highest BCUT2D eigenvalue weighted by Gasteiger charge is 2.22. The zero-order valence-corrected chi connectivity index (χ0v) is 15.8. The van der Waals surface area contributed by atoms with Gasteiger partial charge in [0.25, 0.3) is 0 Å². The number of carbonyl (C=O) groups is 2. The number of rotatable bonds is 5. The van der Waals surface area contributed by atoms with Gasteiger partial charge in [-0.05, 0) is 52.6 Å². The summed E-state index contributed by atoms with van der Waals surface area (Å²) in [4.78, 5) is 27.9. The van der Waals surface area contributed by atoms with Crippen LogP contribution in [-0.4, -0.2) is 57.0 Å². The van der Waals surface area contributed by atoms with Gasteiger partial charge in [-0.2, -0.15) is 0 Å². The summed E-state index contributed by atoms with van der Waals surface area (Å²) >= 11 is 0. The molecule has 0 aliphatic heterocycles. The van der Waals surface area contributed by atoms with Gasteiger partial charge in [0.15, 0.2) is 0 Å². The van der Waals surface area contributed by atoms with Gasteiger partial charge in [0.05, 0.1) is 6.04 Å². The van der Waals surface area contributed by atoms with Crippen molar-refractivity contribution in [3.63, 3.8) is 0 Å². The average molecular weight is 334 g/mol. The smallest absolute Gasteiger partial charge is 0.309 e.